The molecule has 0 aromatic heterocycles. The van der Waals surface area contributed by atoms with Crippen molar-refractivity contribution in [3.63, 3.8) is 0 Å². The van der Waals surface area contributed by atoms with Crippen molar-refractivity contribution < 1.29 is 9.13 Å². The Labute approximate surface area is 95.9 Å². The Kier molecular flexibility index (Phi) is 4.99. The molecule has 0 aliphatic rings. The van der Waals surface area contributed by atoms with Gasteiger partial charge < -0.3 is 10.5 Å². The average molecular weight is 223 g/mol. The summed E-state index contributed by atoms with van der Waals surface area (Å²) in [5.74, 6) is 0.277. The number of halogens is 1. The molecule has 1 aromatic rings. The van der Waals surface area contributed by atoms with Crippen LogP contribution in [0.2, 0.25) is 0 Å². The lowest BCUT2D eigenvalue weighted by Gasteiger charge is -2.06. The van der Waals surface area contributed by atoms with Crippen LogP contribution in [0.4, 0.5) is 4.39 Å². The maximum atomic E-state index is 13.2. The van der Waals surface area contributed by atoms with Gasteiger partial charge in [0, 0.05) is 6.07 Å². The quantitative estimate of drug-likeness (QED) is 0.779. The third-order valence-electron chi connectivity index (χ3n) is 2.11. The largest absolute Gasteiger partial charge is 0.489 e. The fraction of sp³-hybridized carbons (Fsp3) is 0.385. The summed E-state index contributed by atoms with van der Waals surface area (Å²) >= 11 is 0. The molecule has 0 saturated heterocycles. The Bertz CT molecular complexity index is 370. The molecule has 3 heteroatoms. The fourth-order valence-electron chi connectivity index (χ4n) is 1.32. The van der Waals surface area contributed by atoms with E-state index in [9.17, 15) is 4.39 Å². The maximum absolute atomic E-state index is 13.2. The molecule has 1 aromatic carbocycles. The standard InChI is InChI=1S/C13H18FNO/c1-10(2)4-6-16-13-8-11(3-5-15)7-12(14)9-13/h4,7-9H,3,5-6,15H2,1-2H3. The Morgan fingerprint density at radius 2 is 2.12 bits per heavy atom. The molecule has 88 valence electrons. The molecule has 0 unspecified atom stereocenters. The van der Waals surface area contributed by atoms with Crippen LogP contribution >= 0.6 is 0 Å². The van der Waals surface area contributed by atoms with Crippen molar-refractivity contribution in [3.8, 4) is 5.75 Å². The first kappa shape index (κ1) is 12.7. The summed E-state index contributed by atoms with van der Waals surface area (Å²) in [5, 5.41) is 0. The second-order valence-electron chi connectivity index (χ2n) is 3.93. The lowest BCUT2D eigenvalue weighted by Crippen LogP contribution is -2.03. The van der Waals surface area contributed by atoms with Gasteiger partial charge in [-0.25, -0.2) is 4.39 Å². The smallest absolute Gasteiger partial charge is 0.127 e. The zero-order valence-corrected chi connectivity index (χ0v) is 9.79. The number of hydrogen-bond acceptors (Lipinski definition) is 2. The summed E-state index contributed by atoms with van der Waals surface area (Å²) in [6.07, 6.45) is 2.62. The number of benzene rings is 1. The minimum absolute atomic E-state index is 0.279. The van der Waals surface area contributed by atoms with Crippen molar-refractivity contribution >= 4 is 0 Å². The SMILES string of the molecule is CC(C)=CCOc1cc(F)cc(CCN)c1. The molecule has 0 aliphatic heterocycles. The normalized spacial score (nSPS) is 10.0. The second kappa shape index (κ2) is 6.28. The van der Waals surface area contributed by atoms with E-state index in [1.807, 2.05) is 26.0 Å². The Balaban J connectivity index is 2.68. The highest BCUT2D eigenvalue weighted by molar-refractivity contribution is 5.30. The monoisotopic (exact) mass is 223 g/mol. The van der Waals surface area contributed by atoms with Crippen LogP contribution in [-0.2, 0) is 6.42 Å². The van der Waals surface area contributed by atoms with Gasteiger partial charge in [-0.1, -0.05) is 5.57 Å². The number of allylic oxidation sites excluding steroid dienone is 1. The molecular formula is C13H18FNO. The highest BCUT2D eigenvalue weighted by Crippen LogP contribution is 2.16. The number of hydrogen-bond donors (Lipinski definition) is 1. The Morgan fingerprint density at radius 1 is 1.38 bits per heavy atom. The van der Waals surface area contributed by atoms with E-state index in [0.29, 0.717) is 25.3 Å². The summed E-state index contributed by atoms with van der Waals surface area (Å²) in [4.78, 5) is 0. The average Bonchev–Trinajstić information content (AvgIpc) is 2.16. The maximum Gasteiger partial charge on any atom is 0.127 e. The molecule has 0 heterocycles. The van der Waals surface area contributed by atoms with Gasteiger partial charge >= 0.3 is 0 Å². The van der Waals surface area contributed by atoms with Crippen LogP contribution in [0.1, 0.15) is 19.4 Å². The molecule has 0 bridgehead atoms. The summed E-state index contributed by atoms with van der Waals surface area (Å²) in [6, 6.07) is 4.70. The van der Waals surface area contributed by atoms with E-state index >= 15 is 0 Å². The summed E-state index contributed by atoms with van der Waals surface area (Å²) < 4.78 is 18.6. The topological polar surface area (TPSA) is 35.2 Å². The first-order chi connectivity index (χ1) is 7.61. The molecular weight excluding hydrogens is 205 g/mol. The van der Waals surface area contributed by atoms with E-state index < -0.39 is 0 Å². The van der Waals surface area contributed by atoms with Gasteiger partial charge in [0.1, 0.15) is 18.2 Å². The van der Waals surface area contributed by atoms with Gasteiger partial charge in [0.2, 0.25) is 0 Å². The van der Waals surface area contributed by atoms with Gasteiger partial charge in [-0.2, -0.15) is 0 Å². The fourth-order valence-corrected chi connectivity index (χ4v) is 1.32. The first-order valence-corrected chi connectivity index (χ1v) is 5.37. The van der Waals surface area contributed by atoms with Crippen LogP contribution in [0.3, 0.4) is 0 Å². The van der Waals surface area contributed by atoms with Crippen molar-refractivity contribution in [2.45, 2.75) is 20.3 Å². The number of ether oxygens (including phenoxy) is 1. The molecule has 16 heavy (non-hydrogen) atoms. The van der Waals surface area contributed by atoms with E-state index in [2.05, 4.69) is 0 Å². The molecule has 2 N–H and O–H groups in total. The lowest BCUT2D eigenvalue weighted by atomic mass is 10.1. The van der Waals surface area contributed by atoms with Crippen LogP contribution in [0.25, 0.3) is 0 Å². The summed E-state index contributed by atoms with van der Waals surface area (Å²) in [7, 11) is 0. The van der Waals surface area contributed by atoms with Crippen LogP contribution in [0.15, 0.2) is 29.8 Å². The van der Waals surface area contributed by atoms with Gasteiger partial charge in [0.15, 0.2) is 0 Å². The number of rotatable bonds is 5. The zero-order valence-electron chi connectivity index (χ0n) is 9.79. The highest BCUT2D eigenvalue weighted by Gasteiger charge is 2.00. The predicted octanol–water partition coefficient (Wildman–Crippen LogP) is 2.67. The van der Waals surface area contributed by atoms with Crippen LogP contribution in [0, 0.1) is 5.82 Å². The minimum Gasteiger partial charge on any atom is -0.489 e. The lowest BCUT2D eigenvalue weighted by molar-refractivity contribution is 0.359. The van der Waals surface area contributed by atoms with Crippen LogP contribution < -0.4 is 10.5 Å². The third kappa shape index (κ3) is 4.45. The van der Waals surface area contributed by atoms with E-state index in [4.69, 9.17) is 10.5 Å². The van der Waals surface area contributed by atoms with Crippen molar-refractivity contribution in [3.05, 3.63) is 41.2 Å². The van der Waals surface area contributed by atoms with Crippen molar-refractivity contribution in [2.75, 3.05) is 13.2 Å². The van der Waals surface area contributed by atoms with Gasteiger partial charge in [0.05, 0.1) is 0 Å². The first-order valence-electron chi connectivity index (χ1n) is 5.37. The molecule has 1 rings (SSSR count). The zero-order chi connectivity index (χ0) is 12.0. The van der Waals surface area contributed by atoms with E-state index in [0.717, 1.165) is 5.56 Å². The van der Waals surface area contributed by atoms with Gasteiger partial charge in [-0.05, 0) is 50.6 Å². The van der Waals surface area contributed by atoms with Crippen LogP contribution in [0.5, 0.6) is 5.75 Å². The van der Waals surface area contributed by atoms with E-state index in [1.165, 1.54) is 17.7 Å². The Morgan fingerprint density at radius 3 is 2.75 bits per heavy atom. The Hall–Kier alpha value is -1.35. The van der Waals surface area contributed by atoms with Crippen molar-refractivity contribution in [1.82, 2.24) is 0 Å². The van der Waals surface area contributed by atoms with E-state index in [1.54, 1.807) is 0 Å². The van der Waals surface area contributed by atoms with Crippen molar-refractivity contribution in [2.24, 2.45) is 5.73 Å². The highest BCUT2D eigenvalue weighted by atomic mass is 19.1. The third-order valence-corrected chi connectivity index (χ3v) is 2.11. The van der Waals surface area contributed by atoms with E-state index in [-0.39, 0.29) is 5.82 Å². The van der Waals surface area contributed by atoms with Gasteiger partial charge in [0.25, 0.3) is 0 Å². The predicted molar refractivity (Wildman–Crippen MR) is 64.1 cm³/mol. The molecule has 2 nitrogen and oxygen atoms in total. The summed E-state index contributed by atoms with van der Waals surface area (Å²) in [6.45, 7) is 4.97. The molecule has 0 aliphatic carbocycles. The summed E-state index contributed by atoms with van der Waals surface area (Å²) in [5.41, 5.74) is 7.48. The molecule has 0 radical (unpaired) electrons. The molecule has 0 atom stereocenters. The van der Waals surface area contributed by atoms with Gasteiger partial charge in [-0.15, -0.1) is 0 Å². The molecule has 0 spiro atoms. The second-order valence-corrected chi connectivity index (χ2v) is 3.93. The van der Waals surface area contributed by atoms with Gasteiger partial charge in [-0.3, -0.25) is 0 Å². The molecule has 0 amide bonds. The molecule has 0 fully saturated rings. The number of nitrogens with two attached hydrogens (primary N) is 1. The van der Waals surface area contributed by atoms with Crippen LogP contribution in [-0.4, -0.2) is 13.2 Å². The van der Waals surface area contributed by atoms with Crippen molar-refractivity contribution in [1.29, 1.82) is 0 Å². The molecule has 0 saturated carbocycles. The minimum atomic E-state index is -0.279.